The lowest BCUT2D eigenvalue weighted by Gasteiger charge is -2.10. The molecule has 33 heavy (non-hydrogen) atoms. The molecule has 0 atom stereocenters. The van der Waals surface area contributed by atoms with Crippen molar-refractivity contribution in [2.75, 3.05) is 0 Å². The van der Waals surface area contributed by atoms with Gasteiger partial charge in [0.05, 0.1) is 16.9 Å². The van der Waals surface area contributed by atoms with E-state index in [4.69, 9.17) is 9.97 Å². The first-order valence-corrected chi connectivity index (χ1v) is 11.8. The Morgan fingerprint density at radius 2 is 1.21 bits per heavy atom. The lowest BCUT2D eigenvalue weighted by atomic mass is 10.0. The molecule has 3 heteroatoms. The molecule has 3 aromatic heterocycles. The third-order valence-corrected chi connectivity index (χ3v) is 7.46. The van der Waals surface area contributed by atoms with Crippen LogP contribution in [-0.4, -0.2) is 9.97 Å². The van der Waals surface area contributed by atoms with Crippen LogP contribution in [0, 0.1) is 0 Å². The van der Waals surface area contributed by atoms with Crippen LogP contribution in [0.2, 0.25) is 0 Å². The molecule has 0 aliphatic heterocycles. The van der Waals surface area contributed by atoms with Crippen LogP contribution >= 0.6 is 11.3 Å². The van der Waals surface area contributed by atoms with Gasteiger partial charge in [0.25, 0.3) is 0 Å². The summed E-state index contributed by atoms with van der Waals surface area (Å²) in [6, 6.07) is 36.3. The number of fused-ring (bicyclic) bond motifs is 6. The second-order valence-corrected chi connectivity index (χ2v) is 9.35. The lowest BCUT2D eigenvalue weighted by Crippen LogP contribution is -1.92. The van der Waals surface area contributed by atoms with Gasteiger partial charge in [-0.15, -0.1) is 11.3 Å². The molecular formula is C30H18N2S. The molecule has 0 bridgehead atoms. The highest BCUT2D eigenvalue weighted by molar-refractivity contribution is 7.25. The Morgan fingerprint density at radius 3 is 2.06 bits per heavy atom. The normalized spacial score (nSPS) is 11.6. The van der Waals surface area contributed by atoms with E-state index < -0.39 is 0 Å². The highest BCUT2D eigenvalue weighted by Gasteiger charge is 2.12. The van der Waals surface area contributed by atoms with Crippen molar-refractivity contribution in [3.63, 3.8) is 0 Å². The number of para-hydroxylation sites is 1. The molecule has 0 spiro atoms. The number of nitrogens with zero attached hydrogens (tertiary/aromatic N) is 2. The fourth-order valence-corrected chi connectivity index (χ4v) is 5.85. The predicted molar refractivity (Wildman–Crippen MR) is 141 cm³/mol. The van der Waals surface area contributed by atoms with Gasteiger partial charge in [-0.3, -0.25) is 4.98 Å². The average molecular weight is 439 g/mol. The quantitative estimate of drug-likeness (QED) is 0.253. The molecule has 154 valence electrons. The Labute approximate surface area is 194 Å². The fourth-order valence-electron chi connectivity index (χ4n) is 4.71. The largest absolute Gasteiger partial charge is 0.254 e. The van der Waals surface area contributed by atoms with Crippen LogP contribution in [0.15, 0.2) is 109 Å². The number of thiophene rings is 1. The molecule has 4 aromatic carbocycles. The zero-order valence-electron chi connectivity index (χ0n) is 17.7. The van der Waals surface area contributed by atoms with E-state index in [1.807, 2.05) is 23.6 Å². The Hall–Kier alpha value is -4.08. The first-order valence-electron chi connectivity index (χ1n) is 11.0. The third-order valence-electron chi connectivity index (χ3n) is 6.33. The van der Waals surface area contributed by atoms with Crippen LogP contribution in [0.1, 0.15) is 0 Å². The molecule has 7 rings (SSSR count). The van der Waals surface area contributed by atoms with Gasteiger partial charge in [0.1, 0.15) is 0 Å². The van der Waals surface area contributed by atoms with E-state index >= 15 is 0 Å². The van der Waals surface area contributed by atoms with Crippen LogP contribution in [-0.2, 0) is 0 Å². The number of hydrogen-bond acceptors (Lipinski definition) is 3. The van der Waals surface area contributed by atoms with E-state index in [0.717, 1.165) is 27.9 Å². The fraction of sp³-hybridized carbons (Fsp3) is 0. The molecule has 0 aliphatic carbocycles. The SMILES string of the molecule is c1ccc2c(c1)nc(-c1ccc(-c3ccc4c(c3)sc3ccccc34)cn1)c1ccccc12. The van der Waals surface area contributed by atoms with Crippen LogP contribution in [0.4, 0.5) is 0 Å². The summed E-state index contributed by atoms with van der Waals surface area (Å²) in [6.45, 7) is 0. The zero-order valence-corrected chi connectivity index (χ0v) is 18.5. The van der Waals surface area contributed by atoms with Crippen LogP contribution in [0.3, 0.4) is 0 Å². The van der Waals surface area contributed by atoms with Gasteiger partial charge in [0.2, 0.25) is 0 Å². The molecule has 0 saturated carbocycles. The summed E-state index contributed by atoms with van der Waals surface area (Å²) < 4.78 is 2.63. The second-order valence-electron chi connectivity index (χ2n) is 8.26. The van der Waals surface area contributed by atoms with Crippen LogP contribution in [0.25, 0.3) is 64.4 Å². The molecule has 7 aromatic rings. The van der Waals surface area contributed by atoms with Gasteiger partial charge < -0.3 is 0 Å². The van der Waals surface area contributed by atoms with E-state index in [-0.39, 0.29) is 0 Å². The molecule has 2 nitrogen and oxygen atoms in total. The molecule has 3 heterocycles. The van der Waals surface area contributed by atoms with Crippen molar-refractivity contribution in [2.24, 2.45) is 0 Å². The van der Waals surface area contributed by atoms with Crippen molar-refractivity contribution < 1.29 is 0 Å². The van der Waals surface area contributed by atoms with E-state index in [0.29, 0.717) is 0 Å². The maximum absolute atomic E-state index is 4.98. The Kier molecular flexibility index (Phi) is 4.05. The Morgan fingerprint density at radius 1 is 0.515 bits per heavy atom. The van der Waals surface area contributed by atoms with Gasteiger partial charge in [0.15, 0.2) is 0 Å². The molecular weight excluding hydrogens is 420 g/mol. The molecule has 0 amide bonds. The Bertz CT molecular complexity index is 1810. The maximum Gasteiger partial charge on any atom is 0.0972 e. The summed E-state index contributed by atoms with van der Waals surface area (Å²) >= 11 is 1.84. The minimum Gasteiger partial charge on any atom is -0.254 e. The number of aromatic nitrogens is 2. The summed E-state index contributed by atoms with van der Waals surface area (Å²) in [7, 11) is 0. The first kappa shape index (κ1) is 18.5. The molecule has 0 radical (unpaired) electrons. The summed E-state index contributed by atoms with van der Waals surface area (Å²) in [5.74, 6) is 0. The molecule has 0 fully saturated rings. The zero-order chi connectivity index (χ0) is 21.8. The average Bonchev–Trinajstić information content (AvgIpc) is 3.26. The highest BCUT2D eigenvalue weighted by Crippen LogP contribution is 2.37. The van der Waals surface area contributed by atoms with Crippen molar-refractivity contribution in [1.29, 1.82) is 0 Å². The van der Waals surface area contributed by atoms with E-state index in [1.54, 1.807) is 0 Å². The van der Waals surface area contributed by atoms with Crippen LogP contribution in [0.5, 0.6) is 0 Å². The van der Waals surface area contributed by atoms with Gasteiger partial charge in [-0.2, -0.15) is 0 Å². The lowest BCUT2D eigenvalue weighted by molar-refractivity contribution is 1.29. The second kappa shape index (κ2) is 7.22. The first-order chi connectivity index (χ1) is 16.3. The summed E-state index contributed by atoms with van der Waals surface area (Å²) in [4.78, 5) is 9.83. The summed E-state index contributed by atoms with van der Waals surface area (Å²) in [5.41, 5.74) is 5.11. The van der Waals surface area contributed by atoms with Crippen molar-refractivity contribution in [2.45, 2.75) is 0 Å². The number of benzene rings is 4. The Balaban J connectivity index is 1.35. The van der Waals surface area contributed by atoms with E-state index in [2.05, 4.69) is 97.1 Å². The standard InChI is InChI=1S/C30H18N2S/c1-2-10-25-21(7-1)22-8-3-5-11-26(22)32-30(25)27-16-14-20(18-31-27)19-13-15-24-23-9-4-6-12-28(23)33-29(24)17-19/h1-18H. The van der Waals surface area contributed by atoms with Gasteiger partial charge in [0, 0.05) is 42.7 Å². The topological polar surface area (TPSA) is 25.8 Å². The summed E-state index contributed by atoms with van der Waals surface area (Å²) in [6.07, 6.45) is 1.97. The molecule has 0 saturated heterocycles. The van der Waals surface area contributed by atoms with Gasteiger partial charge in [-0.1, -0.05) is 78.9 Å². The van der Waals surface area contributed by atoms with Crippen molar-refractivity contribution in [1.82, 2.24) is 9.97 Å². The molecule has 0 unspecified atom stereocenters. The van der Waals surface area contributed by atoms with Crippen LogP contribution < -0.4 is 0 Å². The third kappa shape index (κ3) is 2.94. The monoisotopic (exact) mass is 438 g/mol. The van der Waals surface area contributed by atoms with Crippen molar-refractivity contribution in [3.8, 4) is 22.5 Å². The van der Waals surface area contributed by atoms with Gasteiger partial charge in [-0.05, 0) is 35.2 Å². The van der Waals surface area contributed by atoms with E-state index in [9.17, 15) is 0 Å². The molecule has 0 aliphatic rings. The smallest absolute Gasteiger partial charge is 0.0972 e. The minimum atomic E-state index is 0.892. The molecule has 0 N–H and O–H groups in total. The predicted octanol–water partition coefficient (Wildman–Crippen LogP) is 8.48. The minimum absolute atomic E-state index is 0.892. The summed E-state index contributed by atoms with van der Waals surface area (Å²) in [5, 5.41) is 6.15. The maximum atomic E-state index is 4.98. The van der Waals surface area contributed by atoms with Crippen molar-refractivity contribution >= 4 is 53.2 Å². The number of hydrogen-bond donors (Lipinski definition) is 0. The number of rotatable bonds is 2. The van der Waals surface area contributed by atoms with Gasteiger partial charge >= 0.3 is 0 Å². The van der Waals surface area contributed by atoms with Gasteiger partial charge in [-0.25, -0.2) is 4.98 Å². The highest BCUT2D eigenvalue weighted by atomic mass is 32.1. The van der Waals surface area contributed by atoms with E-state index in [1.165, 1.54) is 36.5 Å². The van der Waals surface area contributed by atoms with Crippen molar-refractivity contribution in [3.05, 3.63) is 109 Å². The number of pyridine rings is 2.